The molecular formula is C22H24N4OS. The summed E-state index contributed by atoms with van der Waals surface area (Å²) in [4.78, 5) is 22.0. The molecule has 28 heavy (non-hydrogen) atoms. The minimum Gasteiger partial charge on any atom is -0.300 e. The molecule has 1 saturated heterocycles. The Morgan fingerprint density at radius 2 is 1.68 bits per heavy atom. The third-order valence-electron chi connectivity index (χ3n) is 5.05. The van der Waals surface area contributed by atoms with Crippen molar-refractivity contribution in [2.45, 2.75) is 12.6 Å². The van der Waals surface area contributed by atoms with Crippen molar-refractivity contribution in [3.8, 4) is 0 Å². The van der Waals surface area contributed by atoms with Crippen LogP contribution < -0.4 is 5.32 Å². The normalized spacial score (nSPS) is 16.6. The maximum absolute atomic E-state index is 13.1. The maximum atomic E-state index is 13.1. The standard InChI is InChI=1S/C22H24N4OS/c27-21(24-22-23-11-16-28-22)20(19-9-5-2-6-10-19)26-14-12-25(13-15-26)17-18-7-3-1-4-8-18/h1-11,16,20H,12-15,17H2,(H,23,24,27)/t20-/m0/s1. The van der Waals surface area contributed by atoms with E-state index < -0.39 is 0 Å². The second-order valence-electron chi connectivity index (χ2n) is 6.94. The van der Waals surface area contributed by atoms with E-state index in [-0.39, 0.29) is 11.9 Å². The first-order chi connectivity index (χ1) is 13.8. The van der Waals surface area contributed by atoms with Crippen LogP contribution in [0, 0.1) is 0 Å². The van der Waals surface area contributed by atoms with Gasteiger partial charge in [-0.2, -0.15) is 0 Å². The largest absolute Gasteiger partial charge is 0.300 e. The maximum Gasteiger partial charge on any atom is 0.248 e. The number of piperazine rings is 1. The first kappa shape index (κ1) is 18.8. The van der Waals surface area contributed by atoms with E-state index in [2.05, 4.69) is 44.4 Å². The van der Waals surface area contributed by atoms with Gasteiger partial charge < -0.3 is 5.32 Å². The number of thiazole rings is 1. The van der Waals surface area contributed by atoms with Crippen molar-refractivity contribution < 1.29 is 4.79 Å². The van der Waals surface area contributed by atoms with Gasteiger partial charge in [0.05, 0.1) is 0 Å². The molecule has 1 atom stereocenters. The Morgan fingerprint density at radius 1 is 1.00 bits per heavy atom. The number of amides is 1. The zero-order valence-electron chi connectivity index (χ0n) is 15.7. The van der Waals surface area contributed by atoms with Crippen LogP contribution in [-0.4, -0.2) is 46.9 Å². The van der Waals surface area contributed by atoms with E-state index in [1.807, 2.05) is 41.8 Å². The summed E-state index contributed by atoms with van der Waals surface area (Å²) in [5.41, 5.74) is 2.35. The summed E-state index contributed by atoms with van der Waals surface area (Å²) in [7, 11) is 0. The van der Waals surface area contributed by atoms with E-state index in [1.54, 1.807) is 6.20 Å². The molecule has 0 spiro atoms. The number of nitrogens with one attached hydrogen (secondary N) is 1. The number of hydrogen-bond donors (Lipinski definition) is 1. The Morgan fingerprint density at radius 3 is 2.32 bits per heavy atom. The van der Waals surface area contributed by atoms with Crippen LogP contribution in [0.1, 0.15) is 17.2 Å². The zero-order chi connectivity index (χ0) is 19.2. The number of anilines is 1. The lowest BCUT2D eigenvalue weighted by Crippen LogP contribution is -2.49. The molecule has 1 aliphatic rings. The second-order valence-corrected chi connectivity index (χ2v) is 7.83. The van der Waals surface area contributed by atoms with E-state index in [0.29, 0.717) is 5.13 Å². The first-order valence-corrected chi connectivity index (χ1v) is 10.4. The topological polar surface area (TPSA) is 48.5 Å². The van der Waals surface area contributed by atoms with Gasteiger partial charge in [-0.25, -0.2) is 4.98 Å². The highest BCUT2D eigenvalue weighted by molar-refractivity contribution is 7.13. The van der Waals surface area contributed by atoms with Crippen molar-refractivity contribution >= 4 is 22.4 Å². The molecule has 0 aliphatic carbocycles. The predicted molar refractivity (Wildman–Crippen MR) is 113 cm³/mol. The summed E-state index contributed by atoms with van der Waals surface area (Å²) in [6.07, 6.45) is 1.71. The van der Waals surface area contributed by atoms with E-state index in [9.17, 15) is 4.79 Å². The van der Waals surface area contributed by atoms with Gasteiger partial charge in [-0.3, -0.25) is 14.6 Å². The monoisotopic (exact) mass is 392 g/mol. The molecule has 1 fully saturated rings. The molecule has 1 aliphatic heterocycles. The van der Waals surface area contributed by atoms with Gasteiger partial charge in [-0.1, -0.05) is 60.7 Å². The quantitative estimate of drug-likeness (QED) is 0.696. The summed E-state index contributed by atoms with van der Waals surface area (Å²) in [6, 6.07) is 20.3. The van der Waals surface area contributed by atoms with Crippen LogP contribution >= 0.6 is 11.3 Å². The number of benzene rings is 2. The highest BCUT2D eigenvalue weighted by Crippen LogP contribution is 2.25. The Kier molecular flexibility index (Phi) is 6.11. The van der Waals surface area contributed by atoms with E-state index >= 15 is 0 Å². The molecule has 144 valence electrons. The van der Waals surface area contributed by atoms with Gasteiger partial charge in [0.15, 0.2) is 5.13 Å². The molecular weight excluding hydrogens is 368 g/mol. The number of aromatic nitrogens is 1. The highest BCUT2D eigenvalue weighted by Gasteiger charge is 2.30. The average molecular weight is 393 g/mol. The van der Waals surface area contributed by atoms with E-state index in [1.165, 1.54) is 16.9 Å². The molecule has 2 aromatic carbocycles. The van der Waals surface area contributed by atoms with E-state index in [0.717, 1.165) is 38.3 Å². The smallest absolute Gasteiger partial charge is 0.248 e. The van der Waals surface area contributed by atoms with Gasteiger partial charge >= 0.3 is 0 Å². The summed E-state index contributed by atoms with van der Waals surface area (Å²) in [5, 5.41) is 5.50. The van der Waals surface area contributed by atoms with Crippen LogP contribution in [0.4, 0.5) is 5.13 Å². The van der Waals surface area contributed by atoms with Crippen molar-refractivity contribution in [2.75, 3.05) is 31.5 Å². The van der Waals surface area contributed by atoms with Crippen LogP contribution in [0.2, 0.25) is 0 Å². The van der Waals surface area contributed by atoms with Crippen LogP contribution in [-0.2, 0) is 11.3 Å². The molecule has 1 N–H and O–H groups in total. The molecule has 6 heteroatoms. The van der Waals surface area contributed by atoms with Crippen molar-refractivity contribution in [1.29, 1.82) is 0 Å². The van der Waals surface area contributed by atoms with Crippen LogP contribution in [0.25, 0.3) is 0 Å². The molecule has 0 unspecified atom stereocenters. The minimum atomic E-state index is -0.302. The van der Waals surface area contributed by atoms with Crippen LogP contribution in [0.5, 0.6) is 0 Å². The van der Waals surface area contributed by atoms with Gasteiger partial charge in [0.25, 0.3) is 0 Å². The van der Waals surface area contributed by atoms with Crippen molar-refractivity contribution in [3.05, 3.63) is 83.4 Å². The molecule has 0 bridgehead atoms. The lowest BCUT2D eigenvalue weighted by molar-refractivity contribution is -0.122. The number of carbonyl (C=O) groups excluding carboxylic acids is 1. The van der Waals surface area contributed by atoms with Crippen molar-refractivity contribution in [1.82, 2.24) is 14.8 Å². The summed E-state index contributed by atoms with van der Waals surface area (Å²) < 4.78 is 0. The van der Waals surface area contributed by atoms with Crippen LogP contribution in [0.15, 0.2) is 72.2 Å². The fourth-order valence-electron chi connectivity index (χ4n) is 3.64. The Balaban J connectivity index is 1.44. The van der Waals surface area contributed by atoms with Crippen molar-refractivity contribution in [3.63, 3.8) is 0 Å². The lowest BCUT2D eigenvalue weighted by Gasteiger charge is -2.38. The Bertz CT molecular complexity index is 862. The fraction of sp³-hybridized carbons (Fsp3) is 0.273. The van der Waals surface area contributed by atoms with Gasteiger partial charge in [0.2, 0.25) is 5.91 Å². The van der Waals surface area contributed by atoms with Crippen molar-refractivity contribution in [2.24, 2.45) is 0 Å². The molecule has 1 amide bonds. The van der Waals surface area contributed by atoms with Gasteiger partial charge in [0, 0.05) is 44.3 Å². The van der Waals surface area contributed by atoms with Gasteiger partial charge in [0.1, 0.15) is 6.04 Å². The first-order valence-electron chi connectivity index (χ1n) is 9.55. The second kappa shape index (κ2) is 9.10. The predicted octanol–water partition coefficient (Wildman–Crippen LogP) is 3.64. The summed E-state index contributed by atoms with van der Waals surface area (Å²) in [5.74, 6) is -0.0161. The third kappa shape index (κ3) is 4.65. The molecule has 1 aromatic heterocycles. The number of nitrogens with zero attached hydrogens (tertiary/aromatic N) is 3. The fourth-order valence-corrected chi connectivity index (χ4v) is 4.18. The van der Waals surface area contributed by atoms with E-state index in [4.69, 9.17) is 0 Å². The highest BCUT2D eigenvalue weighted by atomic mass is 32.1. The van der Waals surface area contributed by atoms with Gasteiger partial charge in [-0.15, -0.1) is 11.3 Å². The number of rotatable bonds is 6. The summed E-state index contributed by atoms with van der Waals surface area (Å²) >= 11 is 1.44. The molecule has 5 nitrogen and oxygen atoms in total. The lowest BCUT2D eigenvalue weighted by atomic mass is 10.0. The Hall–Kier alpha value is -2.54. The zero-order valence-corrected chi connectivity index (χ0v) is 16.5. The SMILES string of the molecule is O=C(Nc1nccs1)[C@H](c1ccccc1)N1CCN(Cc2ccccc2)CC1. The average Bonchev–Trinajstić information content (AvgIpc) is 3.24. The third-order valence-corrected chi connectivity index (χ3v) is 5.74. The molecule has 2 heterocycles. The Labute approximate surface area is 169 Å². The van der Waals surface area contributed by atoms with Gasteiger partial charge in [-0.05, 0) is 11.1 Å². The molecule has 0 saturated carbocycles. The number of hydrogen-bond acceptors (Lipinski definition) is 5. The molecule has 4 rings (SSSR count). The molecule has 3 aromatic rings. The summed E-state index contributed by atoms with van der Waals surface area (Å²) in [6.45, 7) is 4.57. The minimum absolute atomic E-state index is 0.0161. The molecule has 0 radical (unpaired) electrons. The van der Waals surface area contributed by atoms with Crippen LogP contribution in [0.3, 0.4) is 0 Å². The number of carbonyl (C=O) groups is 1.